The van der Waals surface area contributed by atoms with E-state index in [0.29, 0.717) is 17.8 Å². The molecular weight excluding hydrogens is 298 g/mol. The highest BCUT2D eigenvalue weighted by Gasteiger charge is 2.40. The molecule has 0 N–H and O–H groups in total. The lowest BCUT2D eigenvalue weighted by Gasteiger charge is -2.48. The first kappa shape index (κ1) is 15.6. The van der Waals surface area contributed by atoms with E-state index < -0.39 is 0 Å². The summed E-state index contributed by atoms with van der Waals surface area (Å²) in [5.41, 5.74) is 2.01. The van der Waals surface area contributed by atoms with Crippen LogP contribution in [0, 0.1) is 5.92 Å². The first-order valence-electron chi connectivity index (χ1n) is 9.04. The summed E-state index contributed by atoms with van der Waals surface area (Å²) in [5.74, 6) is 0.383. The number of nitrogens with zero attached hydrogens (tertiary/aromatic N) is 3. The molecule has 0 radical (unpaired) electrons. The highest BCUT2D eigenvalue weighted by atomic mass is 16.1. The number of aromatic nitrogens is 2. The Morgan fingerprint density at radius 2 is 1.83 bits per heavy atom. The third-order valence-electron chi connectivity index (χ3n) is 5.67. The Kier molecular flexibility index (Phi) is 4.23. The maximum Gasteiger partial charge on any atom is 0.186 e. The van der Waals surface area contributed by atoms with E-state index in [1.165, 1.54) is 24.8 Å². The molecule has 4 heteroatoms. The molecular formula is C20H25N3O. The van der Waals surface area contributed by atoms with Crippen LogP contribution in [0.1, 0.15) is 48.2 Å². The Balaban J connectivity index is 1.49. The average molecular weight is 323 g/mol. The Hall–Kier alpha value is -1.94. The van der Waals surface area contributed by atoms with Gasteiger partial charge in [0.05, 0.1) is 0 Å². The van der Waals surface area contributed by atoms with Gasteiger partial charge in [0, 0.05) is 37.8 Å². The predicted molar refractivity (Wildman–Crippen MR) is 93.7 cm³/mol. The second kappa shape index (κ2) is 6.52. The minimum Gasteiger partial charge on any atom is -0.293 e. The maximum atomic E-state index is 12.8. The van der Waals surface area contributed by atoms with Crippen LogP contribution in [0.15, 0.2) is 42.6 Å². The van der Waals surface area contributed by atoms with Gasteiger partial charge in [-0.05, 0) is 37.3 Å². The second-order valence-corrected chi connectivity index (χ2v) is 7.30. The first-order valence-corrected chi connectivity index (χ1v) is 9.04. The minimum absolute atomic E-state index is 0.141. The summed E-state index contributed by atoms with van der Waals surface area (Å²) in [7, 11) is 1.87. The summed E-state index contributed by atoms with van der Waals surface area (Å²) in [6.07, 6.45) is 7.56. The van der Waals surface area contributed by atoms with Crippen molar-refractivity contribution in [2.24, 2.45) is 13.0 Å². The van der Waals surface area contributed by atoms with Crippen molar-refractivity contribution in [1.29, 1.82) is 0 Å². The quantitative estimate of drug-likeness (QED) is 0.809. The van der Waals surface area contributed by atoms with Crippen molar-refractivity contribution in [3.05, 3.63) is 53.9 Å². The topological polar surface area (TPSA) is 38.1 Å². The zero-order valence-electron chi connectivity index (χ0n) is 14.3. The zero-order valence-corrected chi connectivity index (χ0v) is 14.3. The third-order valence-corrected chi connectivity index (χ3v) is 5.67. The zero-order chi connectivity index (χ0) is 16.5. The van der Waals surface area contributed by atoms with Gasteiger partial charge in [-0.3, -0.25) is 14.4 Å². The normalized spacial score (nSPS) is 27.1. The molecule has 4 rings (SSSR count). The molecule has 0 aliphatic carbocycles. The van der Waals surface area contributed by atoms with E-state index in [1.807, 2.05) is 19.3 Å². The fraction of sp³-hybridized carbons (Fsp3) is 0.500. The largest absolute Gasteiger partial charge is 0.293 e. The van der Waals surface area contributed by atoms with Gasteiger partial charge in [-0.15, -0.1) is 0 Å². The number of hydrogen-bond donors (Lipinski definition) is 0. The van der Waals surface area contributed by atoms with E-state index in [4.69, 9.17) is 0 Å². The molecule has 4 nitrogen and oxygen atoms in total. The van der Waals surface area contributed by atoms with Gasteiger partial charge in [-0.2, -0.15) is 5.10 Å². The summed E-state index contributed by atoms with van der Waals surface area (Å²) in [6, 6.07) is 13.6. The van der Waals surface area contributed by atoms with Crippen LogP contribution < -0.4 is 0 Å². The van der Waals surface area contributed by atoms with Gasteiger partial charge in [-0.25, -0.2) is 0 Å². The van der Waals surface area contributed by atoms with Gasteiger partial charge >= 0.3 is 0 Å². The molecule has 0 amide bonds. The standard InChI is InChI=1S/C20H25N3O/c1-22-11-10-19(21-22)20(24)16-12-17-8-5-9-18(13-16)23(17)14-15-6-3-2-4-7-15/h2-4,6-7,10-11,16-18H,5,8-9,12-14H2,1H3. The first-order chi connectivity index (χ1) is 11.7. The summed E-state index contributed by atoms with van der Waals surface area (Å²) < 4.78 is 1.72. The SMILES string of the molecule is Cn1ccc(C(=O)C2CC3CCCC(C2)N3Cc2ccccc2)n1. The van der Waals surface area contributed by atoms with Gasteiger partial charge in [0.2, 0.25) is 0 Å². The number of carbonyl (C=O) groups is 1. The van der Waals surface area contributed by atoms with Crippen molar-refractivity contribution < 1.29 is 4.79 Å². The molecule has 1 aromatic carbocycles. The monoisotopic (exact) mass is 323 g/mol. The van der Waals surface area contributed by atoms with Crippen LogP contribution in [0.4, 0.5) is 0 Å². The highest BCUT2D eigenvalue weighted by molar-refractivity contribution is 5.96. The lowest BCUT2D eigenvalue weighted by Crippen LogP contribution is -2.52. The Morgan fingerprint density at radius 1 is 1.12 bits per heavy atom. The van der Waals surface area contributed by atoms with Gasteiger partial charge < -0.3 is 0 Å². The fourth-order valence-electron chi connectivity index (χ4n) is 4.50. The van der Waals surface area contributed by atoms with Crippen LogP contribution in [0.3, 0.4) is 0 Å². The number of piperidine rings is 2. The number of Topliss-reactive ketones (excluding diaryl/α,β-unsaturated/α-hetero) is 1. The molecule has 2 fully saturated rings. The van der Waals surface area contributed by atoms with Gasteiger partial charge in [0.1, 0.15) is 5.69 Å². The highest BCUT2D eigenvalue weighted by Crippen LogP contribution is 2.39. The maximum absolute atomic E-state index is 12.8. The molecule has 2 unspecified atom stereocenters. The van der Waals surface area contributed by atoms with Gasteiger partial charge in [-0.1, -0.05) is 36.8 Å². The molecule has 2 aliphatic rings. The number of fused-ring (bicyclic) bond motifs is 2. The molecule has 3 heterocycles. The van der Waals surface area contributed by atoms with Gasteiger partial charge in [0.15, 0.2) is 5.78 Å². The van der Waals surface area contributed by atoms with Crippen LogP contribution in [-0.2, 0) is 13.6 Å². The van der Waals surface area contributed by atoms with Crippen molar-refractivity contribution in [2.45, 2.75) is 50.7 Å². The summed E-state index contributed by atoms with van der Waals surface area (Å²) >= 11 is 0. The number of hydrogen-bond acceptors (Lipinski definition) is 3. The molecule has 24 heavy (non-hydrogen) atoms. The van der Waals surface area contributed by atoms with E-state index in [1.54, 1.807) is 4.68 Å². The van der Waals surface area contributed by atoms with E-state index in [-0.39, 0.29) is 11.7 Å². The Morgan fingerprint density at radius 3 is 2.46 bits per heavy atom. The van der Waals surface area contributed by atoms with E-state index in [0.717, 1.165) is 19.4 Å². The van der Waals surface area contributed by atoms with Crippen LogP contribution >= 0.6 is 0 Å². The van der Waals surface area contributed by atoms with Crippen molar-refractivity contribution in [1.82, 2.24) is 14.7 Å². The van der Waals surface area contributed by atoms with E-state index in [2.05, 4.69) is 40.3 Å². The molecule has 2 aromatic rings. The van der Waals surface area contributed by atoms with Crippen LogP contribution in [-0.4, -0.2) is 32.5 Å². The molecule has 2 aliphatic heterocycles. The minimum atomic E-state index is 0.141. The molecule has 1 aromatic heterocycles. The molecule has 2 bridgehead atoms. The Labute approximate surface area is 143 Å². The van der Waals surface area contributed by atoms with E-state index >= 15 is 0 Å². The predicted octanol–water partition coefficient (Wildman–Crippen LogP) is 3.44. The lowest BCUT2D eigenvalue weighted by molar-refractivity contribution is 0.00890. The molecule has 126 valence electrons. The lowest BCUT2D eigenvalue weighted by atomic mass is 9.76. The van der Waals surface area contributed by atoms with Crippen molar-refractivity contribution >= 4 is 5.78 Å². The van der Waals surface area contributed by atoms with Crippen molar-refractivity contribution in [2.75, 3.05) is 0 Å². The Bertz CT molecular complexity index is 695. The number of aryl methyl sites for hydroxylation is 1. The number of benzene rings is 1. The smallest absolute Gasteiger partial charge is 0.186 e. The molecule has 0 saturated carbocycles. The second-order valence-electron chi connectivity index (χ2n) is 7.30. The number of carbonyl (C=O) groups excluding carboxylic acids is 1. The van der Waals surface area contributed by atoms with E-state index in [9.17, 15) is 4.79 Å². The summed E-state index contributed by atoms with van der Waals surface area (Å²) in [4.78, 5) is 15.5. The third kappa shape index (κ3) is 3.03. The molecule has 0 spiro atoms. The number of ketones is 1. The van der Waals surface area contributed by atoms with Crippen LogP contribution in [0.5, 0.6) is 0 Å². The van der Waals surface area contributed by atoms with Crippen molar-refractivity contribution in [3.8, 4) is 0 Å². The fourth-order valence-corrected chi connectivity index (χ4v) is 4.50. The van der Waals surface area contributed by atoms with Crippen molar-refractivity contribution in [3.63, 3.8) is 0 Å². The number of rotatable bonds is 4. The van der Waals surface area contributed by atoms with Crippen LogP contribution in [0.25, 0.3) is 0 Å². The average Bonchev–Trinajstić information content (AvgIpc) is 3.01. The summed E-state index contributed by atoms with van der Waals surface area (Å²) in [5, 5.41) is 4.32. The summed E-state index contributed by atoms with van der Waals surface area (Å²) in [6.45, 7) is 1.01. The van der Waals surface area contributed by atoms with Crippen LogP contribution in [0.2, 0.25) is 0 Å². The van der Waals surface area contributed by atoms with Gasteiger partial charge in [0.25, 0.3) is 0 Å². The molecule has 2 saturated heterocycles. The molecule has 2 atom stereocenters.